The number of aromatic hydroxyl groups is 1. The number of carbonyl (C=O) groups is 1. The van der Waals surface area contributed by atoms with Gasteiger partial charge in [0, 0.05) is 6.04 Å². The summed E-state index contributed by atoms with van der Waals surface area (Å²) in [6.07, 6.45) is 2.06. The van der Waals surface area contributed by atoms with Crippen LogP contribution in [0.25, 0.3) is 5.69 Å². The highest BCUT2D eigenvalue weighted by Crippen LogP contribution is 2.36. The topological polar surface area (TPSA) is 92.9 Å². The molecule has 132 valence electrons. The van der Waals surface area contributed by atoms with Gasteiger partial charge in [0.1, 0.15) is 11.0 Å². The van der Waals surface area contributed by atoms with Gasteiger partial charge in [0.15, 0.2) is 0 Å². The standard InChI is InChI=1S/C18H17N5O2S/c24-15-10-8-14(9-11-15)23-18(20-21-22-23)26-16(12-4-2-1-3-5-12)17(25)19-13-6-7-13/h1-5,8-11,13,16,24H,6-7H2,(H,19,25). The Morgan fingerprint density at radius 1 is 1.15 bits per heavy atom. The molecule has 1 fully saturated rings. The second-order valence-corrected chi connectivity index (χ2v) is 7.15. The van der Waals surface area contributed by atoms with Gasteiger partial charge in [-0.2, -0.15) is 4.68 Å². The molecule has 0 saturated heterocycles. The van der Waals surface area contributed by atoms with Gasteiger partial charge in [0.05, 0.1) is 5.69 Å². The van der Waals surface area contributed by atoms with Crippen molar-refractivity contribution in [2.75, 3.05) is 0 Å². The molecular formula is C18H17N5O2S. The number of amides is 1. The quantitative estimate of drug-likeness (QED) is 0.650. The zero-order valence-electron chi connectivity index (χ0n) is 13.8. The van der Waals surface area contributed by atoms with Crippen LogP contribution in [0.2, 0.25) is 0 Å². The fourth-order valence-corrected chi connectivity index (χ4v) is 3.52. The number of nitrogens with zero attached hydrogens (tertiary/aromatic N) is 4. The monoisotopic (exact) mass is 367 g/mol. The molecule has 1 heterocycles. The van der Waals surface area contributed by atoms with Crippen LogP contribution in [0.15, 0.2) is 59.8 Å². The largest absolute Gasteiger partial charge is 0.508 e. The van der Waals surface area contributed by atoms with Gasteiger partial charge < -0.3 is 10.4 Å². The number of phenols is 1. The first-order valence-electron chi connectivity index (χ1n) is 8.30. The van der Waals surface area contributed by atoms with Crippen molar-refractivity contribution in [1.29, 1.82) is 0 Å². The van der Waals surface area contributed by atoms with E-state index in [1.807, 2.05) is 30.3 Å². The number of rotatable bonds is 6. The molecule has 2 aromatic carbocycles. The minimum absolute atomic E-state index is 0.0380. The molecule has 1 atom stereocenters. The molecule has 2 N–H and O–H groups in total. The van der Waals surface area contributed by atoms with Crippen LogP contribution in [-0.4, -0.2) is 37.3 Å². The average molecular weight is 367 g/mol. The lowest BCUT2D eigenvalue weighted by Gasteiger charge is -2.16. The Morgan fingerprint density at radius 2 is 1.88 bits per heavy atom. The van der Waals surface area contributed by atoms with Crippen molar-refractivity contribution in [3.63, 3.8) is 0 Å². The fourth-order valence-electron chi connectivity index (χ4n) is 2.52. The van der Waals surface area contributed by atoms with Crippen molar-refractivity contribution in [3.8, 4) is 11.4 Å². The van der Waals surface area contributed by atoms with Gasteiger partial charge in [-0.25, -0.2) is 0 Å². The number of hydrogen-bond acceptors (Lipinski definition) is 6. The van der Waals surface area contributed by atoms with Crippen LogP contribution in [0, 0.1) is 0 Å². The highest BCUT2D eigenvalue weighted by atomic mass is 32.2. The maximum Gasteiger partial charge on any atom is 0.238 e. The van der Waals surface area contributed by atoms with E-state index in [2.05, 4.69) is 20.8 Å². The average Bonchev–Trinajstić information content (AvgIpc) is 3.35. The zero-order valence-corrected chi connectivity index (χ0v) is 14.6. The van der Waals surface area contributed by atoms with E-state index < -0.39 is 5.25 Å². The number of tetrazole rings is 1. The highest BCUT2D eigenvalue weighted by Gasteiger charge is 2.30. The van der Waals surface area contributed by atoms with E-state index in [4.69, 9.17) is 0 Å². The number of thioether (sulfide) groups is 1. The summed E-state index contributed by atoms with van der Waals surface area (Å²) in [6, 6.07) is 16.5. The molecule has 1 aliphatic rings. The molecule has 1 amide bonds. The maximum atomic E-state index is 12.8. The third-order valence-electron chi connectivity index (χ3n) is 4.02. The second-order valence-electron chi connectivity index (χ2n) is 6.08. The van der Waals surface area contributed by atoms with E-state index in [1.165, 1.54) is 11.8 Å². The third kappa shape index (κ3) is 3.70. The zero-order chi connectivity index (χ0) is 17.9. The van der Waals surface area contributed by atoms with Crippen LogP contribution in [0.3, 0.4) is 0 Å². The maximum absolute atomic E-state index is 12.8. The SMILES string of the molecule is O=C(NC1CC1)C(Sc1nnnn1-c1ccc(O)cc1)c1ccccc1. The number of phenolic OH excluding ortho intramolecular Hbond substituents is 1. The van der Waals surface area contributed by atoms with Gasteiger partial charge in [-0.3, -0.25) is 4.79 Å². The summed E-state index contributed by atoms with van der Waals surface area (Å²) in [5.41, 5.74) is 1.61. The molecule has 4 rings (SSSR count). The van der Waals surface area contributed by atoms with Gasteiger partial charge >= 0.3 is 0 Å². The highest BCUT2D eigenvalue weighted by molar-refractivity contribution is 8.00. The summed E-state index contributed by atoms with van der Waals surface area (Å²) < 4.78 is 1.56. The first-order chi connectivity index (χ1) is 12.7. The molecule has 0 radical (unpaired) electrons. The summed E-state index contributed by atoms with van der Waals surface area (Å²) in [6.45, 7) is 0. The molecule has 3 aromatic rings. The normalized spacial score (nSPS) is 14.8. The van der Waals surface area contributed by atoms with Crippen molar-refractivity contribution in [3.05, 3.63) is 60.2 Å². The Labute approximate surface area is 154 Å². The molecule has 8 heteroatoms. The Hall–Kier alpha value is -2.87. The molecule has 0 aliphatic heterocycles. The van der Waals surface area contributed by atoms with Crippen molar-refractivity contribution in [1.82, 2.24) is 25.5 Å². The Kier molecular flexibility index (Phi) is 4.57. The molecule has 0 spiro atoms. The minimum atomic E-state index is -0.446. The second kappa shape index (κ2) is 7.17. The molecule has 7 nitrogen and oxygen atoms in total. The van der Waals surface area contributed by atoms with Crippen LogP contribution < -0.4 is 5.32 Å². The van der Waals surface area contributed by atoms with Crippen molar-refractivity contribution >= 4 is 17.7 Å². The van der Waals surface area contributed by atoms with Crippen molar-refractivity contribution < 1.29 is 9.90 Å². The first kappa shape index (κ1) is 16.6. The lowest BCUT2D eigenvalue weighted by Crippen LogP contribution is -2.29. The Bertz CT molecular complexity index is 893. The Morgan fingerprint density at radius 3 is 2.58 bits per heavy atom. The summed E-state index contributed by atoms with van der Waals surface area (Å²) in [5.74, 6) is 0.131. The minimum Gasteiger partial charge on any atom is -0.508 e. The van der Waals surface area contributed by atoms with Gasteiger partial charge in [-0.15, -0.1) is 5.10 Å². The number of aromatic nitrogens is 4. The van der Waals surface area contributed by atoms with E-state index in [1.54, 1.807) is 28.9 Å². The first-order valence-corrected chi connectivity index (χ1v) is 9.18. The lowest BCUT2D eigenvalue weighted by atomic mass is 10.1. The van der Waals surface area contributed by atoms with Gasteiger partial charge in [0.2, 0.25) is 11.1 Å². The Balaban J connectivity index is 1.63. The smallest absolute Gasteiger partial charge is 0.238 e. The number of carbonyl (C=O) groups excluding carboxylic acids is 1. The predicted octanol–water partition coefficient (Wildman–Crippen LogP) is 2.48. The number of nitrogens with one attached hydrogen (secondary N) is 1. The van der Waals surface area contributed by atoms with Gasteiger partial charge in [0.25, 0.3) is 0 Å². The number of benzene rings is 2. The lowest BCUT2D eigenvalue weighted by molar-refractivity contribution is -0.120. The predicted molar refractivity (Wildman–Crippen MR) is 97.0 cm³/mol. The van der Waals surface area contributed by atoms with Crippen molar-refractivity contribution in [2.24, 2.45) is 0 Å². The summed E-state index contributed by atoms with van der Waals surface area (Å²) in [5, 5.41) is 24.4. The molecule has 1 aromatic heterocycles. The molecule has 1 unspecified atom stereocenters. The van der Waals surface area contributed by atoms with E-state index in [9.17, 15) is 9.90 Å². The van der Waals surface area contributed by atoms with E-state index in [0.29, 0.717) is 10.8 Å². The molecular weight excluding hydrogens is 350 g/mol. The van der Waals surface area contributed by atoms with E-state index >= 15 is 0 Å². The third-order valence-corrected chi connectivity index (χ3v) is 5.21. The molecule has 1 aliphatic carbocycles. The van der Waals surface area contributed by atoms with Crippen LogP contribution in [0.4, 0.5) is 0 Å². The van der Waals surface area contributed by atoms with Gasteiger partial charge in [-0.05, 0) is 53.1 Å². The van der Waals surface area contributed by atoms with Crippen LogP contribution in [0.1, 0.15) is 23.7 Å². The van der Waals surface area contributed by atoms with Gasteiger partial charge in [-0.1, -0.05) is 42.1 Å². The van der Waals surface area contributed by atoms with E-state index in [-0.39, 0.29) is 17.7 Å². The summed E-state index contributed by atoms with van der Waals surface area (Å²) in [4.78, 5) is 12.8. The molecule has 1 saturated carbocycles. The number of hydrogen-bond donors (Lipinski definition) is 2. The van der Waals surface area contributed by atoms with Crippen LogP contribution >= 0.6 is 11.8 Å². The molecule has 26 heavy (non-hydrogen) atoms. The fraction of sp³-hybridized carbons (Fsp3) is 0.222. The van der Waals surface area contributed by atoms with E-state index in [0.717, 1.165) is 18.4 Å². The molecule has 0 bridgehead atoms. The summed E-state index contributed by atoms with van der Waals surface area (Å²) in [7, 11) is 0. The van der Waals surface area contributed by atoms with Crippen LogP contribution in [-0.2, 0) is 4.79 Å². The van der Waals surface area contributed by atoms with Crippen molar-refractivity contribution in [2.45, 2.75) is 29.3 Å². The van der Waals surface area contributed by atoms with Crippen LogP contribution in [0.5, 0.6) is 5.75 Å². The summed E-state index contributed by atoms with van der Waals surface area (Å²) >= 11 is 1.30.